The number of aromatic amines is 1. The fourth-order valence-corrected chi connectivity index (χ4v) is 4.34. The number of aromatic nitrogens is 2. The van der Waals surface area contributed by atoms with Crippen molar-refractivity contribution in [2.24, 2.45) is 0 Å². The van der Waals surface area contributed by atoms with E-state index in [1.807, 2.05) is 19.9 Å². The number of anilines is 1. The summed E-state index contributed by atoms with van der Waals surface area (Å²) in [5, 5.41) is 5.81. The SMILES string of the molecule is Cc1[nH]c(/C=C2\C(=O)Nc3ncc(Br)cc32)c(C)c1C(=O)NCCN1CCCC1. The van der Waals surface area contributed by atoms with Gasteiger partial charge >= 0.3 is 0 Å². The molecule has 0 unspecified atom stereocenters. The van der Waals surface area contributed by atoms with E-state index in [9.17, 15) is 9.59 Å². The molecule has 0 saturated carbocycles. The molecule has 0 bridgehead atoms. The minimum absolute atomic E-state index is 0.0826. The Morgan fingerprint density at radius 1 is 1.34 bits per heavy atom. The Morgan fingerprint density at radius 2 is 2.10 bits per heavy atom. The van der Waals surface area contributed by atoms with Crippen molar-refractivity contribution in [2.75, 3.05) is 31.5 Å². The summed E-state index contributed by atoms with van der Waals surface area (Å²) in [6.07, 6.45) is 5.92. The lowest BCUT2D eigenvalue weighted by Gasteiger charge is -2.14. The Kier molecular flexibility index (Phi) is 5.56. The van der Waals surface area contributed by atoms with Crippen LogP contribution < -0.4 is 10.6 Å². The normalized spacial score (nSPS) is 17.6. The zero-order valence-corrected chi connectivity index (χ0v) is 18.1. The first-order valence-corrected chi connectivity index (χ1v) is 10.6. The molecule has 0 radical (unpaired) electrons. The molecular weight excluding hydrogens is 434 g/mol. The van der Waals surface area contributed by atoms with Crippen molar-refractivity contribution < 1.29 is 9.59 Å². The number of aryl methyl sites for hydroxylation is 1. The molecule has 0 spiro atoms. The van der Waals surface area contributed by atoms with Crippen LogP contribution in [0.5, 0.6) is 0 Å². The number of likely N-dealkylation sites (tertiary alicyclic amines) is 1. The van der Waals surface area contributed by atoms with E-state index < -0.39 is 0 Å². The van der Waals surface area contributed by atoms with Crippen LogP contribution >= 0.6 is 15.9 Å². The van der Waals surface area contributed by atoms with Crippen molar-refractivity contribution in [3.05, 3.63) is 44.8 Å². The summed E-state index contributed by atoms with van der Waals surface area (Å²) in [6.45, 7) is 7.52. The van der Waals surface area contributed by atoms with E-state index in [2.05, 4.69) is 41.4 Å². The number of hydrogen-bond donors (Lipinski definition) is 3. The van der Waals surface area contributed by atoms with Gasteiger partial charge in [-0.3, -0.25) is 9.59 Å². The lowest BCUT2D eigenvalue weighted by Crippen LogP contribution is -2.33. The summed E-state index contributed by atoms with van der Waals surface area (Å²) >= 11 is 3.40. The van der Waals surface area contributed by atoms with Crippen LogP contribution in [0.25, 0.3) is 11.6 Å². The fourth-order valence-electron chi connectivity index (χ4n) is 4.01. The highest BCUT2D eigenvalue weighted by atomic mass is 79.9. The van der Waals surface area contributed by atoms with Gasteiger partial charge in [0.1, 0.15) is 5.82 Å². The van der Waals surface area contributed by atoms with Crippen molar-refractivity contribution >= 4 is 45.2 Å². The van der Waals surface area contributed by atoms with Gasteiger partial charge < -0.3 is 20.5 Å². The van der Waals surface area contributed by atoms with E-state index in [0.717, 1.165) is 46.6 Å². The molecule has 0 aromatic carbocycles. The molecule has 4 heterocycles. The Bertz CT molecular complexity index is 1000. The van der Waals surface area contributed by atoms with Crippen LogP contribution in [0.4, 0.5) is 5.82 Å². The van der Waals surface area contributed by atoms with Crippen molar-refractivity contribution in [2.45, 2.75) is 26.7 Å². The largest absolute Gasteiger partial charge is 0.358 e. The third-order valence-electron chi connectivity index (χ3n) is 5.53. The number of nitrogens with zero attached hydrogens (tertiary/aromatic N) is 2. The first-order valence-electron chi connectivity index (χ1n) is 9.82. The van der Waals surface area contributed by atoms with Gasteiger partial charge in [-0.05, 0) is 73.4 Å². The second-order valence-electron chi connectivity index (χ2n) is 7.53. The Hall–Kier alpha value is -2.45. The van der Waals surface area contributed by atoms with E-state index >= 15 is 0 Å². The molecule has 2 aliphatic heterocycles. The minimum atomic E-state index is -0.200. The molecule has 152 valence electrons. The molecule has 4 rings (SSSR count). The standard InChI is InChI=1S/C21H24BrN5O2/c1-12-17(10-16-15-9-14(22)11-24-19(15)26-20(16)28)25-13(2)18(12)21(29)23-5-8-27-6-3-4-7-27/h9-11,25H,3-8H2,1-2H3,(H,23,29)(H,24,26,28)/b16-10-. The topological polar surface area (TPSA) is 90.1 Å². The highest BCUT2D eigenvalue weighted by molar-refractivity contribution is 9.10. The Labute approximate surface area is 178 Å². The molecule has 29 heavy (non-hydrogen) atoms. The highest BCUT2D eigenvalue weighted by Crippen LogP contribution is 2.34. The van der Waals surface area contributed by atoms with Gasteiger partial charge in [-0.2, -0.15) is 0 Å². The molecule has 7 nitrogen and oxygen atoms in total. The van der Waals surface area contributed by atoms with Gasteiger partial charge in [0, 0.05) is 40.7 Å². The van der Waals surface area contributed by atoms with E-state index in [-0.39, 0.29) is 11.8 Å². The predicted molar refractivity (Wildman–Crippen MR) is 117 cm³/mol. The average Bonchev–Trinajstić information content (AvgIpc) is 3.36. The van der Waals surface area contributed by atoms with Gasteiger partial charge in [0.2, 0.25) is 0 Å². The average molecular weight is 458 g/mol. The molecule has 2 aromatic heterocycles. The van der Waals surface area contributed by atoms with E-state index in [4.69, 9.17) is 0 Å². The maximum atomic E-state index is 12.8. The monoisotopic (exact) mass is 457 g/mol. The van der Waals surface area contributed by atoms with Gasteiger partial charge in [0.15, 0.2) is 0 Å². The van der Waals surface area contributed by atoms with Crippen molar-refractivity contribution in [1.82, 2.24) is 20.2 Å². The lowest BCUT2D eigenvalue weighted by molar-refractivity contribution is -0.110. The van der Waals surface area contributed by atoms with Crippen LogP contribution in [0.1, 0.15) is 45.7 Å². The predicted octanol–water partition coefficient (Wildman–Crippen LogP) is 3.11. The summed E-state index contributed by atoms with van der Waals surface area (Å²) < 4.78 is 0.802. The minimum Gasteiger partial charge on any atom is -0.358 e. The van der Waals surface area contributed by atoms with Crippen LogP contribution in [-0.4, -0.2) is 52.9 Å². The van der Waals surface area contributed by atoms with E-state index in [1.165, 1.54) is 12.8 Å². The molecule has 2 amide bonds. The molecule has 0 atom stereocenters. The summed E-state index contributed by atoms with van der Waals surface area (Å²) in [5.74, 6) is 0.264. The zero-order valence-electron chi connectivity index (χ0n) is 16.6. The zero-order chi connectivity index (χ0) is 20.5. The van der Waals surface area contributed by atoms with Gasteiger partial charge in [0.25, 0.3) is 11.8 Å². The summed E-state index contributed by atoms with van der Waals surface area (Å²) in [5.41, 5.74) is 4.29. The van der Waals surface area contributed by atoms with Crippen LogP contribution in [0.2, 0.25) is 0 Å². The molecule has 2 aliphatic rings. The molecule has 0 aliphatic carbocycles. The molecule has 8 heteroatoms. The first-order chi connectivity index (χ1) is 13.9. The van der Waals surface area contributed by atoms with Crippen LogP contribution in [0.15, 0.2) is 16.7 Å². The van der Waals surface area contributed by atoms with E-state index in [1.54, 1.807) is 12.3 Å². The second-order valence-corrected chi connectivity index (χ2v) is 8.45. The van der Waals surface area contributed by atoms with Crippen molar-refractivity contribution in [3.63, 3.8) is 0 Å². The summed E-state index contributed by atoms with van der Waals surface area (Å²) in [6, 6.07) is 1.86. The maximum Gasteiger partial charge on any atom is 0.257 e. The van der Waals surface area contributed by atoms with Crippen LogP contribution in [0.3, 0.4) is 0 Å². The maximum absolute atomic E-state index is 12.8. The number of rotatable bonds is 5. The van der Waals surface area contributed by atoms with Gasteiger partial charge in [-0.25, -0.2) is 4.98 Å². The first kappa shape index (κ1) is 19.8. The number of halogens is 1. The summed E-state index contributed by atoms with van der Waals surface area (Å²) in [7, 11) is 0. The molecule has 1 fully saturated rings. The Balaban J connectivity index is 1.54. The number of nitrogens with one attached hydrogen (secondary N) is 3. The third kappa shape index (κ3) is 4.00. The summed E-state index contributed by atoms with van der Waals surface area (Å²) in [4.78, 5) is 35.0. The van der Waals surface area contributed by atoms with Crippen molar-refractivity contribution in [3.8, 4) is 0 Å². The fraction of sp³-hybridized carbons (Fsp3) is 0.381. The van der Waals surface area contributed by atoms with E-state index in [0.29, 0.717) is 23.5 Å². The number of hydrogen-bond acceptors (Lipinski definition) is 4. The number of carbonyl (C=O) groups is 2. The molecule has 3 N–H and O–H groups in total. The van der Waals surface area contributed by atoms with Crippen LogP contribution in [-0.2, 0) is 4.79 Å². The number of fused-ring (bicyclic) bond motifs is 1. The quantitative estimate of drug-likeness (QED) is 0.601. The highest BCUT2D eigenvalue weighted by Gasteiger charge is 2.27. The number of carbonyl (C=O) groups excluding carboxylic acids is 2. The van der Waals surface area contributed by atoms with Crippen LogP contribution in [0, 0.1) is 13.8 Å². The van der Waals surface area contributed by atoms with Crippen molar-refractivity contribution in [1.29, 1.82) is 0 Å². The third-order valence-corrected chi connectivity index (χ3v) is 5.96. The second kappa shape index (κ2) is 8.12. The number of amides is 2. The Morgan fingerprint density at radius 3 is 2.86 bits per heavy atom. The molecular formula is C21H24BrN5O2. The van der Waals surface area contributed by atoms with Gasteiger partial charge in [-0.15, -0.1) is 0 Å². The van der Waals surface area contributed by atoms with Gasteiger partial charge in [-0.1, -0.05) is 0 Å². The van der Waals surface area contributed by atoms with Gasteiger partial charge in [0.05, 0.1) is 11.1 Å². The number of pyridine rings is 1. The molecule has 1 saturated heterocycles. The molecule has 2 aromatic rings. The smallest absolute Gasteiger partial charge is 0.257 e. The lowest BCUT2D eigenvalue weighted by atomic mass is 10.0. The number of H-pyrrole nitrogens is 1.